The number of nitrogens with one attached hydrogen (secondary N) is 2. The van der Waals surface area contributed by atoms with Gasteiger partial charge in [0, 0.05) is 39.3 Å². The van der Waals surface area contributed by atoms with Crippen molar-refractivity contribution < 1.29 is 0 Å². The smallest absolute Gasteiger partial charge is 0.148 e. The van der Waals surface area contributed by atoms with Crippen LogP contribution in [-0.2, 0) is 0 Å². The fourth-order valence-electron chi connectivity index (χ4n) is 2.76. The summed E-state index contributed by atoms with van der Waals surface area (Å²) in [6.07, 6.45) is 5.96. The van der Waals surface area contributed by atoms with Crippen LogP contribution in [0.15, 0.2) is 6.20 Å². The average molecular weight is 235 g/mol. The van der Waals surface area contributed by atoms with Crippen molar-refractivity contribution in [1.82, 2.24) is 15.5 Å². The van der Waals surface area contributed by atoms with Gasteiger partial charge in [-0.25, -0.2) is 0 Å². The molecule has 2 saturated heterocycles. The van der Waals surface area contributed by atoms with E-state index < -0.39 is 0 Å². The maximum Gasteiger partial charge on any atom is 0.148 e. The largest absolute Gasteiger partial charge is 0.365 e. The van der Waals surface area contributed by atoms with E-state index in [1.807, 2.05) is 6.20 Å². The lowest BCUT2D eigenvalue weighted by Crippen LogP contribution is -2.44. The predicted octanol–water partition coefficient (Wildman–Crippen LogP) is 0.810. The van der Waals surface area contributed by atoms with E-state index in [1.54, 1.807) is 0 Å². The van der Waals surface area contributed by atoms with E-state index in [1.165, 1.54) is 43.9 Å². The summed E-state index contributed by atoms with van der Waals surface area (Å²) in [5.41, 5.74) is 1.29. The Hall–Kier alpha value is -1.23. The Bertz CT molecular complexity index is 317. The molecule has 2 fully saturated rings. The van der Waals surface area contributed by atoms with Gasteiger partial charge in [-0.3, -0.25) is 5.10 Å². The second kappa shape index (κ2) is 4.96. The molecule has 5 nitrogen and oxygen atoms in total. The van der Waals surface area contributed by atoms with Crippen molar-refractivity contribution in [2.75, 3.05) is 49.1 Å². The van der Waals surface area contributed by atoms with Crippen LogP contribution in [0.1, 0.15) is 19.3 Å². The Kier molecular flexibility index (Phi) is 3.18. The monoisotopic (exact) mass is 235 g/mol. The number of piperidine rings is 1. The van der Waals surface area contributed by atoms with Crippen molar-refractivity contribution >= 4 is 11.5 Å². The number of H-pyrrole nitrogens is 1. The molecule has 0 aliphatic carbocycles. The van der Waals surface area contributed by atoms with E-state index >= 15 is 0 Å². The standard InChI is InChI=1S/C12H21N5/c1-2-6-17(7-3-1)12-11(10-14-15-12)16-8-4-13-5-9-16/h10,13H,1-9H2,(H,14,15). The number of anilines is 2. The molecule has 3 heterocycles. The molecular weight excluding hydrogens is 214 g/mol. The molecule has 94 valence electrons. The van der Waals surface area contributed by atoms with Crippen LogP contribution >= 0.6 is 0 Å². The Balaban J connectivity index is 1.77. The molecule has 0 amide bonds. The number of hydrogen-bond acceptors (Lipinski definition) is 4. The molecule has 2 N–H and O–H groups in total. The number of piperazine rings is 1. The van der Waals surface area contributed by atoms with Gasteiger partial charge in [0.05, 0.1) is 11.9 Å². The molecular formula is C12H21N5. The number of rotatable bonds is 2. The van der Waals surface area contributed by atoms with E-state index in [2.05, 4.69) is 25.3 Å². The highest BCUT2D eigenvalue weighted by Gasteiger charge is 2.21. The van der Waals surface area contributed by atoms with Crippen LogP contribution in [0.3, 0.4) is 0 Å². The highest BCUT2D eigenvalue weighted by atomic mass is 15.3. The second-order valence-electron chi connectivity index (χ2n) is 4.89. The summed E-state index contributed by atoms with van der Waals surface area (Å²) in [5, 5.41) is 10.8. The minimum Gasteiger partial charge on any atom is -0.365 e. The molecule has 2 aliphatic heterocycles. The molecule has 3 rings (SSSR count). The van der Waals surface area contributed by atoms with Crippen LogP contribution in [0.25, 0.3) is 0 Å². The van der Waals surface area contributed by atoms with Crippen LogP contribution in [0.2, 0.25) is 0 Å². The van der Waals surface area contributed by atoms with Gasteiger partial charge in [-0.05, 0) is 19.3 Å². The summed E-state index contributed by atoms with van der Waals surface area (Å²) < 4.78 is 0. The van der Waals surface area contributed by atoms with Gasteiger partial charge in [-0.1, -0.05) is 0 Å². The highest BCUT2D eigenvalue weighted by molar-refractivity contribution is 5.66. The number of aromatic amines is 1. The fourth-order valence-corrected chi connectivity index (χ4v) is 2.76. The number of nitrogens with zero attached hydrogens (tertiary/aromatic N) is 3. The zero-order chi connectivity index (χ0) is 11.5. The molecule has 0 aromatic carbocycles. The van der Waals surface area contributed by atoms with Gasteiger partial charge in [0.15, 0.2) is 0 Å². The Morgan fingerprint density at radius 1 is 0.941 bits per heavy atom. The third-order valence-electron chi connectivity index (χ3n) is 3.73. The molecule has 0 saturated carbocycles. The lowest BCUT2D eigenvalue weighted by molar-refractivity contribution is 0.567. The van der Waals surface area contributed by atoms with Crippen LogP contribution in [0, 0.1) is 0 Å². The van der Waals surface area contributed by atoms with Gasteiger partial charge in [0.2, 0.25) is 0 Å². The van der Waals surface area contributed by atoms with Gasteiger partial charge < -0.3 is 15.1 Å². The number of aromatic nitrogens is 2. The van der Waals surface area contributed by atoms with Crippen molar-refractivity contribution in [3.63, 3.8) is 0 Å². The summed E-state index contributed by atoms with van der Waals surface area (Å²) in [4.78, 5) is 4.89. The first-order valence-corrected chi connectivity index (χ1v) is 6.69. The molecule has 17 heavy (non-hydrogen) atoms. The van der Waals surface area contributed by atoms with Crippen molar-refractivity contribution in [3.8, 4) is 0 Å². The van der Waals surface area contributed by atoms with E-state index in [0.717, 1.165) is 26.2 Å². The van der Waals surface area contributed by atoms with Crippen LogP contribution in [0.4, 0.5) is 11.5 Å². The topological polar surface area (TPSA) is 47.2 Å². The fraction of sp³-hybridized carbons (Fsp3) is 0.750. The van der Waals surface area contributed by atoms with Crippen LogP contribution in [0.5, 0.6) is 0 Å². The SMILES string of the molecule is c1n[nH]c(N2CCCCC2)c1N1CCNCC1. The van der Waals surface area contributed by atoms with Crippen LogP contribution in [-0.4, -0.2) is 49.5 Å². The Morgan fingerprint density at radius 2 is 1.71 bits per heavy atom. The molecule has 1 aromatic rings. The zero-order valence-electron chi connectivity index (χ0n) is 10.3. The molecule has 0 unspecified atom stereocenters. The first kappa shape index (κ1) is 10.9. The molecule has 0 spiro atoms. The van der Waals surface area contributed by atoms with Crippen molar-refractivity contribution in [1.29, 1.82) is 0 Å². The number of hydrogen-bond donors (Lipinski definition) is 2. The Labute approximate surface area is 102 Å². The maximum atomic E-state index is 4.24. The summed E-state index contributed by atoms with van der Waals surface area (Å²) in [6, 6.07) is 0. The first-order valence-electron chi connectivity index (χ1n) is 6.69. The zero-order valence-corrected chi connectivity index (χ0v) is 10.3. The summed E-state index contributed by atoms with van der Waals surface area (Å²) >= 11 is 0. The van der Waals surface area contributed by atoms with Gasteiger partial charge in [0.1, 0.15) is 5.82 Å². The third-order valence-corrected chi connectivity index (χ3v) is 3.73. The minimum atomic E-state index is 1.07. The molecule has 0 radical (unpaired) electrons. The molecule has 5 heteroatoms. The Morgan fingerprint density at radius 3 is 2.47 bits per heavy atom. The van der Waals surface area contributed by atoms with Crippen molar-refractivity contribution in [2.24, 2.45) is 0 Å². The molecule has 2 aliphatic rings. The van der Waals surface area contributed by atoms with Gasteiger partial charge >= 0.3 is 0 Å². The quantitative estimate of drug-likeness (QED) is 0.796. The van der Waals surface area contributed by atoms with Crippen molar-refractivity contribution in [3.05, 3.63) is 6.20 Å². The second-order valence-corrected chi connectivity index (χ2v) is 4.89. The third kappa shape index (κ3) is 2.24. The van der Waals surface area contributed by atoms with Gasteiger partial charge in [0.25, 0.3) is 0 Å². The lowest BCUT2D eigenvalue weighted by Gasteiger charge is -2.33. The molecule has 0 bridgehead atoms. The van der Waals surface area contributed by atoms with Crippen LogP contribution < -0.4 is 15.1 Å². The molecule has 0 atom stereocenters. The minimum absolute atomic E-state index is 1.07. The molecule has 1 aromatic heterocycles. The van der Waals surface area contributed by atoms with Gasteiger partial charge in [-0.2, -0.15) is 5.10 Å². The van der Waals surface area contributed by atoms with E-state index in [9.17, 15) is 0 Å². The lowest BCUT2D eigenvalue weighted by atomic mass is 10.1. The highest BCUT2D eigenvalue weighted by Crippen LogP contribution is 2.28. The average Bonchev–Trinajstić information content (AvgIpc) is 2.90. The first-order chi connectivity index (χ1) is 8.45. The maximum absolute atomic E-state index is 4.24. The normalized spacial score (nSPS) is 21.9. The summed E-state index contributed by atoms with van der Waals surface area (Å²) in [5.74, 6) is 1.23. The van der Waals surface area contributed by atoms with E-state index in [0.29, 0.717) is 0 Å². The predicted molar refractivity (Wildman–Crippen MR) is 69.7 cm³/mol. The summed E-state index contributed by atoms with van der Waals surface area (Å²) in [6.45, 7) is 6.65. The van der Waals surface area contributed by atoms with E-state index in [4.69, 9.17) is 0 Å². The van der Waals surface area contributed by atoms with E-state index in [-0.39, 0.29) is 0 Å². The van der Waals surface area contributed by atoms with Crippen molar-refractivity contribution in [2.45, 2.75) is 19.3 Å². The van der Waals surface area contributed by atoms with Gasteiger partial charge in [-0.15, -0.1) is 0 Å². The summed E-state index contributed by atoms with van der Waals surface area (Å²) in [7, 11) is 0.